The summed E-state index contributed by atoms with van der Waals surface area (Å²) in [7, 11) is 0. The molecule has 0 aliphatic rings. The van der Waals surface area contributed by atoms with Crippen LogP contribution >= 0.6 is 11.6 Å². The van der Waals surface area contributed by atoms with Gasteiger partial charge in [-0.15, -0.1) is 0 Å². The minimum absolute atomic E-state index is 0.262. The van der Waals surface area contributed by atoms with Crippen LogP contribution in [-0.2, 0) is 0 Å². The van der Waals surface area contributed by atoms with Crippen molar-refractivity contribution in [3.05, 3.63) is 70.7 Å². The van der Waals surface area contributed by atoms with E-state index in [4.69, 9.17) is 21.1 Å². The van der Waals surface area contributed by atoms with Crippen molar-refractivity contribution in [2.45, 2.75) is 19.8 Å². The number of halogens is 1. The lowest BCUT2D eigenvalue weighted by Crippen LogP contribution is -1.94. The zero-order valence-corrected chi connectivity index (χ0v) is 15.7. The number of fused-ring (bicyclic) bond motifs is 1. The Bertz CT molecular complexity index is 1140. The van der Waals surface area contributed by atoms with Crippen LogP contribution in [0.2, 0.25) is 5.02 Å². The first-order chi connectivity index (χ1) is 12.9. The fourth-order valence-corrected chi connectivity index (χ4v) is 3.37. The van der Waals surface area contributed by atoms with Gasteiger partial charge in [0.25, 0.3) is 0 Å². The lowest BCUT2D eigenvalue weighted by atomic mass is 10.0. The average Bonchev–Trinajstić information content (AvgIpc) is 3.28. The molecule has 0 aliphatic carbocycles. The second-order valence-corrected chi connectivity index (χ2v) is 7.26. The number of carboxylic acid groups (broad SMARTS) is 1. The quantitative estimate of drug-likeness (QED) is 0.421. The smallest absolute Gasteiger partial charge is 0.335 e. The zero-order chi connectivity index (χ0) is 19.1. The van der Waals surface area contributed by atoms with E-state index in [1.165, 1.54) is 5.56 Å². The molecule has 2 aromatic carbocycles. The molecule has 2 aromatic heterocycles. The Morgan fingerprint density at radius 2 is 1.74 bits per heavy atom. The van der Waals surface area contributed by atoms with Crippen molar-refractivity contribution in [3.8, 4) is 22.7 Å². The highest BCUT2D eigenvalue weighted by Crippen LogP contribution is 2.35. The molecule has 4 rings (SSSR count). The van der Waals surface area contributed by atoms with Crippen molar-refractivity contribution in [2.24, 2.45) is 0 Å². The normalized spacial score (nSPS) is 11.4. The van der Waals surface area contributed by atoms with Gasteiger partial charge in [-0.1, -0.05) is 37.6 Å². The summed E-state index contributed by atoms with van der Waals surface area (Å²) in [6.07, 6.45) is 0. The molecule has 0 amide bonds. The largest absolute Gasteiger partial charge is 0.478 e. The number of hydrogen-bond donors (Lipinski definition) is 2. The Balaban J connectivity index is 1.70. The van der Waals surface area contributed by atoms with Crippen LogP contribution in [0.5, 0.6) is 0 Å². The van der Waals surface area contributed by atoms with Gasteiger partial charge in [-0.05, 0) is 59.5 Å². The van der Waals surface area contributed by atoms with E-state index in [-0.39, 0.29) is 5.56 Å². The number of hydrogen-bond acceptors (Lipinski definition) is 2. The summed E-state index contributed by atoms with van der Waals surface area (Å²) in [5.41, 5.74) is 4.74. The highest BCUT2D eigenvalue weighted by Gasteiger charge is 2.14. The van der Waals surface area contributed by atoms with Gasteiger partial charge >= 0.3 is 5.97 Å². The van der Waals surface area contributed by atoms with Gasteiger partial charge in [-0.25, -0.2) is 4.79 Å². The van der Waals surface area contributed by atoms with E-state index in [9.17, 15) is 4.79 Å². The minimum Gasteiger partial charge on any atom is -0.478 e. The lowest BCUT2D eigenvalue weighted by molar-refractivity contribution is 0.0697. The number of rotatable bonds is 4. The zero-order valence-electron chi connectivity index (χ0n) is 14.9. The fraction of sp³-hybridized carbons (Fsp3) is 0.136. The summed E-state index contributed by atoms with van der Waals surface area (Å²) in [5.74, 6) is 0.158. The molecule has 0 saturated carbocycles. The first-order valence-corrected chi connectivity index (χ1v) is 9.06. The molecule has 2 heterocycles. The fourth-order valence-electron chi connectivity index (χ4n) is 3.10. The van der Waals surface area contributed by atoms with E-state index >= 15 is 0 Å². The summed E-state index contributed by atoms with van der Waals surface area (Å²) >= 11 is 6.40. The van der Waals surface area contributed by atoms with Crippen LogP contribution in [0.4, 0.5) is 0 Å². The topological polar surface area (TPSA) is 66.2 Å². The van der Waals surface area contributed by atoms with Crippen molar-refractivity contribution >= 4 is 28.5 Å². The monoisotopic (exact) mass is 379 g/mol. The van der Waals surface area contributed by atoms with Crippen molar-refractivity contribution in [3.63, 3.8) is 0 Å². The molecule has 0 aliphatic heterocycles. The Kier molecular flexibility index (Phi) is 4.28. The predicted octanol–water partition coefficient (Wildman–Crippen LogP) is 6.57. The molecule has 4 nitrogen and oxygen atoms in total. The molecule has 0 atom stereocenters. The van der Waals surface area contributed by atoms with Crippen LogP contribution in [0.3, 0.4) is 0 Å². The van der Waals surface area contributed by atoms with Gasteiger partial charge < -0.3 is 14.5 Å². The molecule has 0 bridgehead atoms. The van der Waals surface area contributed by atoms with E-state index in [2.05, 4.69) is 24.9 Å². The molecule has 136 valence electrons. The maximum atomic E-state index is 11.0. The van der Waals surface area contributed by atoms with E-state index < -0.39 is 5.97 Å². The Labute approximate surface area is 161 Å². The average molecular weight is 380 g/mol. The molecule has 5 heteroatoms. The third kappa shape index (κ3) is 3.24. The summed E-state index contributed by atoms with van der Waals surface area (Å²) in [6.45, 7) is 4.26. The lowest BCUT2D eigenvalue weighted by Gasteiger charge is -2.05. The minimum atomic E-state index is -0.936. The van der Waals surface area contributed by atoms with E-state index in [1.807, 2.05) is 24.3 Å². The molecule has 27 heavy (non-hydrogen) atoms. The van der Waals surface area contributed by atoms with E-state index in [1.54, 1.807) is 24.3 Å². The van der Waals surface area contributed by atoms with E-state index in [0.717, 1.165) is 22.3 Å². The second kappa shape index (κ2) is 6.63. The van der Waals surface area contributed by atoms with Crippen molar-refractivity contribution in [1.29, 1.82) is 0 Å². The van der Waals surface area contributed by atoms with Gasteiger partial charge in [0, 0.05) is 11.1 Å². The number of H-pyrrole nitrogens is 1. The molecule has 0 fully saturated rings. The SMILES string of the molecule is CC(C)c1cc(Cl)c2oc(-c3ccc(-c4ccc(C(=O)O)cc4)[nH]3)cc2c1. The molecular weight excluding hydrogens is 362 g/mol. The number of aromatic carboxylic acids is 1. The van der Waals surface area contributed by atoms with Crippen LogP contribution < -0.4 is 0 Å². The first kappa shape index (κ1) is 17.4. The van der Waals surface area contributed by atoms with Crippen molar-refractivity contribution in [1.82, 2.24) is 4.98 Å². The maximum Gasteiger partial charge on any atom is 0.335 e. The number of benzene rings is 2. The van der Waals surface area contributed by atoms with Crippen LogP contribution in [0.1, 0.15) is 35.7 Å². The van der Waals surface area contributed by atoms with Gasteiger partial charge in [-0.3, -0.25) is 0 Å². The van der Waals surface area contributed by atoms with Crippen LogP contribution in [-0.4, -0.2) is 16.1 Å². The highest BCUT2D eigenvalue weighted by molar-refractivity contribution is 6.35. The van der Waals surface area contributed by atoms with Crippen LogP contribution in [0.15, 0.2) is 59.0 Å². The Hall–Kier alpha value is -2.98. The number of aromatic nitrogens is 1. The first-order valence-electron chi connectivity index (χ1n) is 8.68. The molecule has 0 unspecified atom stereocenters. The summed E-state index contributed by atoms with van der Waals surface area (Å²) < 4.78 is 5.98. The van der Waals surface area contributed by atoms with Crippen LogP contribution in [0, 0.1) is 0 Å². The standard InChI is InChI=1S/C22H18ClNO3/c1-12(2)15-9-16-11-20(27-21(16)17(23)10-15)19-8-7-18(24-19)13-3-5-14(6-4-13)22(25)26/h3-12,24H,1-2H3,(H,25,26). The van der Waals surface area contributed by atoms with Gasteiger partial charge in [-0.2, -0.15) is 0 Å². The van der Waals surface area contributed by atoms with Gasteiger partial charge in [0.2, 0.25) is 0 Å². The molecule has 0 saturated heterocycles. The molecule has 2 N–H and O–H groups in total. The Morgan fingerprint density at radius 3 is 2.41 bits per heavy atom. The number of furan rings is 1. The van der Waals surface area contributed by atoms with Crippen LogP contribution in [0.25, 0.3) is 33.7 Å². The molecular formula is C22H18ClNO3. The predicted molar refractivity (Wildman–Crippen MR) is 107 cm³/mol. The second-order valence-electron chi connectivity index (χ2n) is 6.85. The van der Waals surface area contributed by atoms with E-state index in [0.29, 0.717) is 22.3 Å². The number of carbonyl (C=O) groups is 1. The number of aromatic amines is 1. The third-order valence-electron chi connectivity index (χ3n) is 4.65. The number of carboxylic acids is 1. The summed E-state index contributed by atoms with van der Waals surface area (Å²) in [4.78, 5) is 14.3. The number of nitrogens with one attached hydrogen (secondary N) is 1. The van der Waals surface area contributed by atoms with Gasteiger partial charge in [0.05, 0.1) is 16.3 Å². The summed E-state index contributed by atoms with van der Waals surface area (Å²) in [6, 6.07) is 16.7. The summed E-state index contributed by atoms with van der Waals surface area (Å²) in [5, 5.41) is 10.6. The highest BCUT2D eigenvalue weighted by atomic mass is 35.5. The molecule has 0 radical (unpaired) electrons. The van der Waals surface area contributed by atoms with Crippen molar-refractivity contribution < 1.29 is 14.3 Å². The maximum absolute atomic E-state index is 11.0. The molecule has 0 spiro atoms. The molecule has 4 aromatic rings. The van der Waals surface area contributed by atoms with Gasteiger partial charge in [0.1, 0.15) is 0 Å². The third-order valence-corrected chi connectivity index (χ3v) is 4.94. The van der Waals surface area contributed by atoms with Crippen molar-refractivity contribution in [2.75, 3.05) is 0 Å². The Morgan fingerprint density at radius 1 is 1.04 bits per heavy atom. The van der Waals surface area contributed by atoms with Gasteiger partial charge in [0.15, 0.2) is 11.3 Å².